The summed E-state index contributed by atoms with van der Waals surface area (Å²) in [6, 6.07) is 0. The van der Waals surface area contributed by atoms with Crippen molar-refractivity contribution in [3.05, 3.63) is 73.6 Å². The fourth-order valence-corrected chi connectivity index (χ4v) is 3.92. The lowest BCUT2D eigenvalue weighted by molar-refractivity contribution is 0.280. The number of allylic oxidation sites excluding steroid dienone is 6. The van der Waals surface area contributed by atoms with E-state index in [2.05, 4.69) is 29.9 Å². The van der Waals surface area contributed by atoms with E-state index in [1.807, 2.05) is 68.4 Å². The van der Waals surface area contributed by atoms with Gasteiger partial charge in [0.2, 0.25) is 0 Å². The predicted molar refractivity (Wildman–Crippen MR) is 161 cm³/mol. The molecule has 0 heterocycles. The largest absolute Gasteiger partial charge is 0.396 e. The maximum Gasteiger partial charge on any atom is 0.156 e. The lowest BCUT2D eigenvalue weighted by Crippen LogP contribution is -2.20. The Bertz CT molecular complexity index is 1080. The van der Waals surface area contributed by atoms with Gasteiger partial charge in [-0.3, -0.25) is 5.41 Å². The smallest absolute Gasteiger partial charge is 0.156 e. The average molecular weight is 519 g/mol. The molecule has 6 N–H and O–H groups in total. The minimum atomic E-state index is -0.677. The van der Waals surface area contributed by atoms with Gasteiger partial charge in [0, 0.05) is 22.4 Å². The molecule has 0 bridgehead atoms. The molecule has 0 spiro atoms. The monoisotopic (exact) mass is 518 g/mol. The predicted octanol–water partition coefficient (Wildman–Crippen LogP) is 7.28. The second-order valence-electron chi connectivity index (χ2n) is 8.03. The van der Waals surface area contributed by atoms with Gasteiger partial charge in [0.1, 0.15) is 0 Å². The van der Waals surface area contributed by atoms with E-state index in [4.69, 9.17) is 11.1 Å². The number of nitrogens with zero attached hydrogens (tertiary/aromatic N) is 1. The van der Waals surface area contributed by atoms with Gasteiger partial charge in [-0.2, -0.15) is 0 Å². The van der Waals surface area contributed by atoms with Crippen LogP contribution in [0.15, 0.2) is 50.5 Å². The van der Waals surface area contributed by atoms with Crippen LogP contribution in [0.1, 0.15) is 91.5 Å². The third-order valence-corrected chi connectivity index (χ3v) is 5.99. The molecule has 1 aromatic rings. The summed E-state index contributed by atoms with van der Waals surface area (Å²) in [5, 5.41) is 19.6. The number of nitrogens with one attached hydrogen (secondary N) is 1. The van der Waals surface area contributed by atoms with E-state index in [1.54, 1.807) is 6.92 Å². The highest BCUT2D eigenvalue weighted by Gasteiger charge is 2.28. The fourth-order valence-electron chi connectivity index (χ4n) is 3.77. The summed E-state index contributed by atoms with van der Waals surface area (Å²) >= 11 is 4.10. The molecule has 0 unspecified atom stereocenters. The number of nitrogen functional groups attached to an aromatic ring is 1. The van der Waals surface area contributed by atoms with Crippen molar-refractivity contribution in [2.75, 3.05) is 12.8 Å². The van der Waals surface area contributed by atoms with E-state index in [-0.39, 0.29) is 28.6 Å². The lowest BCUT2D eigenvalue weighted by Gasteiger charge is -2.24. The van der Waals surface area contributed by atoms with Crippen LogP contribution in [0.4, 0.5) is 10.1 Å². The van der Waals surface area contributed by atoms with Gasteiger partial charge >= 0.3 is 0 Å². The van der Waals surface area contributed by atoms with Gasteiger partial charge in [-0.15, -0.1) is 12.6 Å². The van der Waals surface area contributed by atoms with E-state index in [9.17, 15) is 5.11 Å². The Kier molecular flexibility index (Phi) is 16.9. The van der Waals surface area contributed by atoms with Crippen LogP contribution in [-0.4, -0.2) is 23.6 Å². The molecule has 0 amide bonds. The summed E-state index contributed by atoms with van der Waals surface area (Å²) in [6.07, 6.45) is 2.38. The van der Waals surface area contributed by atoms with Crippen LogP contribution in [0.25, 0.3) is 0 Å². The van der Waals surface area contributed by atoms with Gasteiger partial charge in [0.25, 0.3) is 0 Å². The quantitative estimate of drug-likeness (QED) is 0.108. The third-order valence-electron chi connectivity index (χ3n) is 5.89. The molecule has 0 aliphatic rings. The number of nitrogens with two attached hydrogens (primary N) is 2. The van der Waals surface area contributed by atoms with Crippen LogP contribution in [0.5, 0.6) is 0 Å². The van der Waals surface area contributed by atoms with Crippen LogP contribution in [0.3, 0.4) is 0 Å². The van der Waals surface area contributed by atoms with Gasteiger partial charge in [-0.1, -0.05) is 44.6 Å². The van der Waals surface area contributed by atoms with Crippen molar-refractivity contribution in [3.63, 3.8) is 0 Å². The Morgan fingerprint density at radius 3 is 1.92 bits per heavy atom. The van der Waals surface area contributed by atoms with Crippen molar-refractivity contribution in [1.29, 1.82) is 5.41 Å². The van der Waals surface area contributed by atoms with E-state index in [1.165, 1.54) is 7.05 Å². The molecule has 0 aliphatic carbocycles. The van der Waals surface area contributed by atoms with Crippen LogP contribution in [0, 0.1) is 11.2 Å². The number of benzene rings is 1. The zero-order chi connectivity index (χ0) is 28.9. The first-order chi connectivity index (χ1) is 16.8. The molecule has 0 saturated heterocycles. The van der Waals surface area contributed by atoms with Crippen molar-refractivity contribution >= 4 is 29.7 Å². The number of aliphatic hydroxyl groups is 1. The van der Waals surface area contributed by atoms with Crippen molar-refractivity contribution in [2.45, 2.75) is 82.3 Å². The summed E-state index contributed by atoms with van der Waals surface area (Å²) in [5.74, 6) is -0.677. The Labute approximate surface area is 223 Å². The van der Waals surface area contributed by atoms with E-state index in [0.29, 0.717) is 34.4 Å². The lowest BCUT2D eigenvalue weighted by atomic mass is 9.82. The molecule has 0 fully saturated rings. The molecule has 36 heavy (non-hydrogen) atoms. The molecular formula is C29H47FN4OS. The first-order valence-electron chi connectivity index (χ1n) is 12.2. The van der Waals surface area contributed by atoms with Crippen LogP contribution < -0.4 is 11.5 Å². The molecule has 0 aliphatic heterocycles. The summed E-state index contributed by atoms with van der Waals surface area (Å²) in [4.78, 5) is 4.21. The fraction of sp³-hybridized carbons (Fsp3) is 0.448. The Balaban J connectivity index is 0. The molecule has 0 radical (unpaired) electrons. The number of anilines is 1. The Hall–Kier alpha value is -2.48. The second-order valence-corrected chi connectivity index (χ2v) is 8.55. The van der Waals surface area contributed by atoms with Gasteiger partial charge in [0.05, 0.1) is 23.0 Å². The van der Waals surface area contributed by atoms with Gasteiger partial charge in [-0.05, 0) is 84.2 Å². The number of aliphatic imine (C=N–C) groups is 1. The summed E-state index contributed by atoms with van der Waals surface area (Å²) in [5.41, 5.74) is 17.0. The Morgan fingerprint density at radius 1 is 1.06 bits per heavy atom. The minimum Gasteiger partial charge on any atom is -0.396 e. The zero-order valence-corrected chi connectivity index (χ0v) is 25.0. The molecule has 0 atom stereocenters. The number of halogens is 1. The molecular weight excluding hydrogens is 471 g/mol. The maximum absolute atomic E-state index is 15.8. The topological polar surface area (TPSA) is 108 Å². The third kappa shape index (κ3) is 8.29. The highest BCUT2D eigenvalue weighted by molar-refractivity contribution is 7.84. The SMILES string of the molecule is C=C(S)/N=C(/C)c1c(N)c(F)c(C(=N)/C(C(C)=C(C)C)=C(C)\C(C)=C/C)c(CC)c1CO.CC.CN. The van der Waals surface area contributed by atoms with Crippen LogP contribution in [0.2, 0.25) is 0 Å². The van der Waals surface area contributed by atoms with Crippen LogP contribution in [-0.2, 0) is 13.0 Å². The summed E-state index contributed by atoms with van der Waals surface area (Å²) < 4.78 is 15.8. The molecule has 5 nitrogen and oxygen atoms in total. The first-order valence-corrected chi connectivity index (χ1v) is 12.6. The van der Waals surface area contributed by atoms with Gasteiger partial charge < -0.3 is 16.6 Å². The van der Waals surface area contributed by atoms with Gasteiger partial charge in [0.15, 0.2) is 5.82 Å². The first kappa shape index (κ1) is 35.7. The standard InChI is InChI=1S/C26H36FN3OS.C2H6.CH5N/c1-10-14(5)16(7)21(15(6)13(3)4)25(28)23-19(11-2)20(12-31)22(26(29)24(23)27)17(8)30-18(9)32;2*1-2/h10,28,31-32H,9,11-12,29H2,1-8H3;1-2H3;2H2,1H3/b14-10-,21-16-,28-25?,30-17-;;. The number of hydrogen-bond acceptors (Lipinski definition) is 6. The minimum absolute atomic E-state index is 0.0536. The average Bonchev–Trinajstić information content (AvgIpc) is 2.85. The molecule has 0 aromatic heterocycles. The van der Waals surface area contributed by atoms with Crippen molar-refractivity contribution < 1.29 is 9.50 Å². The van der Waals surface area contributed by atoms with Crippen molar-refractivity contribution in [1.82, 2.24) is 0 Å². The summed E-state index contributed by atoms with van der Waals surface area (Å²) in [7, 11) is 1.50. The number of rotatable bonds is 8. The van der Waals surface area contributed by atoms with Crippen molar-refractivity contribution in [2.24, 2.45) is 10.7 Å². The molecule has 1 rings (SSSR count). The van der Waals surface area contributed by atoms with Gasteiger partial charge in [-0.25, -0.2) is 9.38 Å². The molecule has 7 heteroatoms. The summed E-state index contributed by atoms with van der Waals surface area (Å²) in [6.45, 7) is 22.6. The van der Waals surface area contributed by atoms with E-state index >= 15 is 4.39 Å². The molecule has 202 valence electrons. The van der Waals surface area contributed by atoms with Crippen molar-refractivity contribution in [3.8, 4) is 0 Å². The maximum atomic E-state index is 15.8. The highest BCUT2D eigenvalue weighted by atomic mass is 32.1. The second kappa shape index (κ2) is 17.1. The van der Waals surface area contributed by atoms with E-state index in [0.717, 1.165) is 22.3 Å². The molecule has 0 saturated carbocycles. The van der Waals surface area contributed by atoms with E-state index < -0.39 is 5.82 Å². The molecule has 1 aromatic carbocycles. The Morgan fingerprint density at radius 2 is 1.56 bits per heavy atom. The number of aliphatic hydroxyl groups excluding tert-OH is 1. The normalized spacial score (nSPS) is 12.0. The highest BCUT2D eigenvalue weighted by Crippen LogP contribution is 2.35. The van der Waals surface area contributed by atoms with Crippen LogP contribution >= 0.6 is 12.6 Å². The number of thiol groups is 1. The zero-order valence-electron chi connectivity index (χ0n) is 24.1. The number of hydrogen-bond donors (Lipinski definition) is 5.